The van der Waals surface area contributed by atoms with Crippen molar-refractivity contribution >= 4 is 44.3 Å². The highest BCUT2D eigenvalue weighted by molar-refractivity contribution is 7.91. The molecule has 3 rings (SSSR count). The lowest BCUT2D eigenvalue weighted by Gasteiger charge is -2.28. The number of rotatable bonds is 5. The molecule has 2 aromatic heterocycles. The van der Waals surface area contributed by atoms with Gasteiger partial charge in [0.1, 0.15) is 4.21 Å². The molecule has 7 heteroatoms. The van der Waals surface area contributed by atoms with Crippen molar-refractivity contribution in [2.45, 2.75) is 35.3 Å². The summed E-state index contributed by atoms with van der Waals surface area (Å²) in [6.45, 7) is 0.460. The topological polar surface area (TPSA) is 46.2 Å². The molecule has 0 aliphatic heterocycles. The normalized spacial score (nSPS) is 18.1. The maximum Gasteiger partial charge on any atom is 0.250 e. The molecule has 0 radical (unpaired) electrons. The van der Waals surface area contributed by atoms with Gasteiger partial charge in [-0.1, -0.05) is 24.4 Å². The number of hydrogen-bond acceptors (Lipinski definition) is 4. The maximum atomic E-state index is 12.4. The van der Waals surface area contributed by atoms with Gasteiger partial charge < -0.3 is 0 Å². The second-order valence-corrected chi connectivity index (χ2v) is 9.87. The average Bonchev–Trinajstić information content (AvgIpc) is 3.18. The summed E-state index contributed by atoms with van der Waals surface area (Å²) < 4.78 is 28.3. The van der Waals surface area contributed by atoms with Crippen LogP contribution in [0.3, 0.4) is 0 Å². The Morgan fingerprint density at radius 1 is 1.24 bits per heavy atom. The van der Waals surface area contributed by atoms with Crippen LogP contribution in [0, 0.1) is 0 Å². The van der Waals surface area contributed by atoms with Crippen molar-refractivity contribution in [3.63, 3.8) is 0 Å². The highest BCUT2D eigenvalue weighted by Gasteiger charge is 2.37. The Labute approximate surface area is 138 Å². The fourth-order valence-corrected chi connectivity index (χ4v) is 6.37. The van der Waals surface area contributed by atoms with E-state index in [0.29, 0.717) is 10.9 Å². The summed E-state index contributed by atoms with van der Waals surface area (Å²) in [6.07, 6.45) is 4.39. The summed E-state index contributed by atoms with van der Waals surface area (Å²) in [7, 11) is -3.47. The average molecular weight is 362 g/mol. The van der Waals surface area contributed by atoms with Gasteiger partial charge in [-0.3, -0.25) is 0 Å². The van der Waals surface area contributed by atoms with E-state index < -0.39 is 10.0 Å². The van der Waals surface area contributed by atoms with E-state index in [2.05, 4.69) is 21.5 Å². The van der Waals surface area contributed by atoms with E-state index in [1.807, 2.05) is 0 Å². The van der Waals surface area contributed by atoms with Gasteiger partial charge in [-0.25, -0.2) is 13.1 Å². The third kappa shape index (κ3) is 3.19. The van der Waals surface area contributed by atoms with Crippen LogP contribution in [-0.4, -0.2) is 15.0 Å². The van der Waals surface area contributed by atoms with Crippen LogP contribution in [0.15, 0.2) is 33.2 Å². The van der Waals surface area contributed by atoms with Gasteiger partial charge in [-0.2, -0.15) is 11.3 Å². The number of thiophene rings is 2. The van der Waals surface area contributed by atoms with Gasteiger partial charge >= 0.3 is 0 Å². The quantitative estimate of drug-likeness (QED) is 0.865. The Hall–Kier alpha value is -0.400. The van der Waals surface area contributed by atoms with Gasteiger partial charge in [0.2, 0.25) is 10.0 Å². The van der Waals surface area contributed by atoms with E-state index in [0.717, 1.165) is 37.0 Å². The summed E-state index contributed by atoms with van der Waals surface area (Å²) >= 11 is 8.59. The van der Waals surface area contributed by atoms with E-state index in [9.17, 15) is 8.42 Å². The minimum atomic E-state index is -3.47. The molecule has 2 heterocycles. The molecule has 0 amide bonds. The molecule has 1 aliphatic carbocycles. The molecule has 1 saturated carbocycles. The number of sulfonamides is 1. The summed E-state index contributed by atoms with van der Waals surface area (Å²) in [5.41, 5.74) is 1.21. The highest BCUT2D eigenvalue weighted by Crippen LogP contribution is 2.41. The SMILES string of the molecule is O=S(=O)(NCC1(c2ccsc2)CCCC1)c1ccc(Cl)s1. The zero-order valence-electron chi connectivity index (χ0n) is 11.3. The summed E-state index contributed by atoms with van der Waals surface area (Å²) in [5.74, 6) is 0. The first-order valence-corrected chi connectivity index (χ1v) is 10.4. The van der Waals surface area contributed by atoms with Crippen molar-refractivity contribution < 1.29 is 8.42 Å². The van der Waals surface area contributed by atoms with Crippen molar-refractivity contribution in [1.82, 2.24) is 4.72 Å². The zero-order chi connectivity index (χ0) is 14.9. The first kappa shape index (κ1) is 15.5. The molecule has 114 valence electrons. The predicted molar refractivity (Wildman–Crippen MR) is 89.0 cm³/mol. The molecule has 1 aliphatic rings. The van der Waals surface area contributed by atoms with Gasteiger partial charge in [-0.05, 0) is 47.4 Å². The molecular weight excluding hydrogens is 346 g/mol. The molecule has 2 aromatic rings. The first-order chi connectivity index (χ1) is 10.0. The van der Waals surface area contributed by atoms with Crippen LogP contribution in [0.4, 0.5) is 0 Å². The Kier molecular flexibility index (Phi) is 4.43. The third-order valence-electron chi connectivity index (χ3n) is 4.11. The lowest BCUT2D eigenvalue weighted by atomic mass is 9.81. The highest BCUT2D eigenvalue weighted by atomic mass is 35.5. The largest absolute Gasteiger partial charge is 0.250 e. The van der Waals surface area contributed by atoms with Crippen LogP contribution < -0.4 is 4.72 Å². The van der Waals surface area contributed by atoms with E-state index >= 15 is 0 Å². The molecule has 0 spiro atoms. The van der Waals surface area contributed by atoms with Crippen LogP contribution >= 0.6 is 34.3 Å². The zero-order valence-corrected chi connectivity index (χ0v) is 14.5. The van der Waals surface area contributed by atoms with E-state index in [1.165, 1.54) is 5.56 Å². The Morgan fingerprint density at radius 2 is 2.00 bits per heavy atom. The molecule has 0 atom stereocenters. The van der Waals surface area contributed by atoms with E-state index in [1.54, 1.807) is 23.5 Å². The maximum absolute atomic E-state index is 12.4. The number of halogens is 1. The Balaban J connectivity index is 1.79. The molecular formula is C14H16ClNO2S3. The first-order valence-electron chi connectivity index (χ1n) is 6.80. The van der Waals surface area contributed by atoms with Crippen LogP contribution in [0.5, 0.6) is 0 Å². The summed E-state index contributed by atoms with van der Waals surface area (Å²) in [4.78, 5) is 0. The summed E-state index contributed by atoms with van der Waals surface area (Å²) in [6, 6.07) is 5.29. The monoisotopic (exact) mass is 361 g/mol. The van der Waals surface area contributed by atoms with E-state index in [-0.39, 0.29) is 9.62 Å². The molecule has 0 saturated heterocycles. The van der Waals surface area contributed by atoms with Crippen molar-refractivity contribution in [3.05, 3.63) is 38.9 Å². The lowest BCUT2D eigenvalue weighted by Crippen LogP contribution is -2.38. The number of hydrogen-bond donors (Lipinski definition) is 1. The minimum Gasteiger partial charge on any atom is -0.210 e. The fourth-order valence-electron chi connectivity index (χ4n) is 2.93. The van der Waals surface area contributed by atoms with Gasteiger partial charge in [0.25, 0.3) is 0 Å². The van der Waals surface area contributed by atoms with Crippen molar-refractivity contribution in [2.75, 3.05) is 6.54 Å². The van der Waals surface area contributed by atoms with Crippen LogP contribution in [0.25, 0.3) is 0 Å². The van der Waals surface area contributed by atoms with Crippen LogP contribution in [0.2, 0.25) is 4.34 Å². The van der Waals surface area contributed by atoms with Gasteiger partial charge in [0.15, 0.2) is 0 Å². The summed E-state index contributed by atoms with van der Waals surface area (Å²) in [5, 5.41) is 4.20. The van der Waals surface area contributed by atoms with Crippen LogP contribution in [0.1, 0.15) is 31.2 Å². The molecule has 0 bridgehead atoms. The lowest BCUT2D eigenvalue weighted by molar-refractivity contribution is 0.434. The minimum absolute atomic E-state index is 0.0475. The standard InChI is InChI=1S/C14H16ClNO2S3/c15-12-3-4-13(20-12)21(17,18)16-10-14(6-1-2-7-14)11-5-8-19-9-11/h3-5,8-9,16H,1-2,6-7,10H2. The van der Waals surface area contributed by atoms with Crippen molar-refractivity contribution in [2.24, 2.45) is 0 Å². The smallest absolute Gasteiger partial charge is 0.210 e. The van der Waals surface area contributed by atoms with Crippen LogP contribution in [-0.2, 0) is 15.4 Å². The van der Waals surface area contributed by atoms with Crippen molar-refractivity contribution in [3.8, 4) is 0 Å². The second kappa shape index (κ2) is 6.01. The second-order valence-electron chi connectivity index (χ2n) is 5.38. The van der Waals surface area contributed by atoms with Gasteiger partial charge in [-0.15, -0.1) is 11.3 Å². The van der Waals surface area contributed by atoms with Gasteiger partial charge in [0, 0.05) is 12.0 Å². The Bertz CT molecular complexity index is 700. The molecule has 3 nitrogen and oxygen atoms in total. The molecule has 0 aromatic carbocycles. The predicted octanol–water partition coefficient (Wildman–Crippen LogP) is 4.25. The van der Waals surface area contributed by atoms with Crippen molar-refractivity contribution in [1.29, 1.82) is 0 Å². The Morgan fingerprint density at radius 3 is 2.57 bits per heavy atom. The molecule has 1 N–H and O–H groups in total. The molecule has 21 heavy (non-hydrogen) atoms. The fraction of sp³-hybridized carbons (Fsp3) is 0.429. The third-order valence-corrected chi connectivity index (χ3v) is 7.92. The van der Waals surface area contributed by atoms with Gasteiger partial charge in [0.05, 0.1) is 4.34 Å². The number of nitrogens with one attached hydrogen (secondary N) is 1. The van der Waals surface area contributed by atoms with E-state index in [4.69, 9.17) is 11.6 Å². The molecule has 1 fully saturated rings. The molecule has 0 unspecified atom stereocenters.